The molecule has 63 heavy (non-hydrogen) atoms. The number of anilines is 2. The molecule has 8 heteroatoms. The van der Waals surface area contributed by atoms with Crippen LogP contribution in [0.15, 0.2) is 84.9 Å². The SMILES string of the molecule is O=C(CCCCCN1CCN(c2cccc3c2CCC3)CC1)N1Cc2ccccc2C1.O=C(CCCCCN1CCN(c2cccc3c2CCCC3)CC1)N1Cc2ccccc2C1. The molecule has 0 saturated carbocycles. The van der Waals surface area contributed by atoms with E-state index >= 15 is 0 Å². The van der Waals surface area contributed by atoms with E-state index in [9.17, 15) is 9.59 Å². The Labute approximate surface area is 378 Å². The zero-order valence-electron chi connectivity index (χ0n) is 38.1. The molecule has 0 aromatic heterocycles. The third-order valence-electron chi connectivity index (χ3n) is 15.0. The number of piperazine rings is 2. The number of aryl methyl sites for hydroxylation is 2. The molecule has 0 N–H and O–H groups in total. The van der Waals surface area contributed by atoms with Gasteiger partial charge in [-0.15, -0.1) is 0 Å². The number of carbonyl (C=O) groups excluding carboxylic acids is 2. The van der Waals surface area contributed by atoms with Gasteiger partial charge in [-0.25, -0.2) is 0 Å². The van der Waals surface area contributed by atoms with Crippen molar-refractivity contribution in [3.05, 3.63) is 129 Å². The highest BCUT2D eigenvalue weighted by Gasteiger charge is 2.26. The zero-order valence-corrected chi connectivity index (χ0v) is 38.1. The minimum absolute atomic E-state index is 0.320. The second kappa shape index (κ2) is 21.3. The zero-order chi connectivity index (χ0) is 42.8. The van der Waals surface area contributed by atoms with Crippen molar-refractivity contribution >= 4 is 23.2 Å². The van der Waals surface area contributed by atoms with Crippen molar-refractivity contribution in [1.82, 2.24) is 19.6 Å². The Balaban J connectivity index is 0.000000160. The largest absolute Gasteiger partial charge is 0.369 e. The number of rotatable bonds is 14. The number of hydrogen-bond donors (Lipinski definition) is 0. The Bertz CT molecular complexity index is 2100. The maximum atomic E-state index is 12.6. The summed E-state index contributed by atoms with van der Waals surface area (Å²) in [6, 6.07) is 30.7. The minimum atomic E-state index is 0.320. The van der Waals surface area contributed by atoms with Crippen molar-refractivity contribution in [3.63, 3.8) is 0 Å². The molecule has 4 aliphatic heterocycles. The smallest absolute Gasteiger partial charge is 0.223 e. The van der Waals surface area contributed by atoms with E-state index < -0.39 is 0 Å². The number of benzene rings is 4. The van der Waals surface area contributed by atoms with Crippen LogP contribution in [0.4, 0.5) is 11.4 Å². The Hall–Kier alpha value is -4.66. The van der Waals surface area contributed by atoms with Gasteiger partial charge in [0.1, 0.15) is 0 Å². The van der Waals surface area contributed by atoms with Gasteiger partial charge in [-0.05, 0) is 140 Å². The van der Waals surface area contributed by atoms with E-state index in [-0.39, 0.29) is 0 Å². The maximum absolute atomic E-state index is 12.6. The van der Waals surface area contributed by atoms with Crippen molar-refractivity contribution in [3.8, 4) is 0 Å². The van der Waals surface area contributed by atoms with Gasteiger partial charge < -0.3 is 19.6 Å². The normalized spacial score (nSPS) is 18.4. The highest BCUT2D eigenvalue weighted by atomic mass is 16.2. The van der Waals surface area contributed by atoms with Crippen LogP contribution in [-0.2, 0) is 61.5 Å². The van der Waals surface area contributed by atoms with Crippen LogP contribution < -0.4 is 9.80 Å². The standard InChI is InChI=1S/C28H37N3O.C27H35N3O/c32-28(31-21-24-10-3-4-11-25(24)22-31)15-2-1-7-16-29-17-19-30(20-18-29)27-14-8-12-23-9-5-6-13-26(23)27;31-27(30-20-23-8-3-4-9-24(23)21-30)14-2-1-5-15-28-16-18-29(19-17-28)26-13-7-11-22-10-6-12-25(22)26/h3-4,8,10-12,14H,1-2,5-7,9,13,15-22H2;3-4,7-9,11,13H,1-2,5-6,10,12,14-21H2. The first-order valence-electron chi connectivity index (χ1n) is 24.9. The number of unbranched alkanes of at least 4 members (excludes halogenated alkanes) is 4. The van der Waals surface area contributed by atoms with Crippen LogP contribution in [0.1, 0.15) is 115 Å². The summed E-state index contributed by atoms with van der Waals surface area (Å²) in [5.74, 6) is 0.640. The van der Waals surface area contributed by atoms with E-state index in [1.807, 2.05) is 9.80 Å². The van der Waals surface area contributed by atoms with Crippen molar-refractivity contribution in [2.45, 2.75) is 122 Å². The second-order valence-corrected chi connectivity index (χ2v) is 19.2. The first kappa shape index (κ1) is 43.6. The maximum Gasteiger partial charge on any atom is 0.223 e. The highest BCUT2D eigenvalue weighted by Crippen LogP contribution is 2.33. The lowest BCUT2D eigenvalue weighted by Gasteiger charge is -2.38. The molecule has 0 bridgehead atoms. The molecule has 2 amide bonds. The molecule has 6 aliphatic rings. The minimum Gasteiger partial charge on any atom is -0.369 e. The third kappa shape index (κ3) is 11.0. The molecule has 0 atom stereocenters. The Morgan fingerprint density at radius 3 is 1.21 bits per heavy atom. The van der Waals surface area contributed by atoms with Gasteiger partial charge in [0.25, 0.3) is 0 Å². The molecule has 0 unspecified atom stereocenters. The second-order valence-electron chi connectivity index (χ2n) is 19.2. The van der Waals surface area contributed by atoms with Crippen molar-refractivity contribution in [1.29, 1.82) is 0 Å². The average molecular weight is 849 g/mol. The number of fused-ring (bicyclic) bond motifs is 4. The fourth-order valence-corrected chi connectivity index (χ4v) is 11.3. The summed E-state index contributed by atoms with van der Waals surface area (Å²) in [4.78, 5) is 39.6. The third-order valence-corrected chi connectivity index (χ3v) is 15.0. The molecule has 2 aliphatic carbocycles. The quantitative estimate of drug-likeness (QED) is 0.118. The van der Waals surface area contributed by atoms with Crippen LogP contribution in [0.2, 0.25) is 0 Å². The van der Waals surface area contributed by atoms with Gasteiger partial charge in [-0.1, -0.05) is 85.6 Å². The van der Waals surface area contributed by atoms with Crippen LogP contribution in [0.3, 0.4) is 0 Å². The van der Waals surface area contributed by atoms with Gasteiger partial charge in [-0.2, -0.15) is 0 Å². The number of hydrogen-bond acceptors (Lipinski definition) is 6. The molecular weight excluding hydrogens is 777 g/mol. The van der Waals surface area contributed by atoms with E-state index in [1.165, 1.54) is 105 Å². The van der Waals surface area contributed by atoms with Crippen molar-refractivity contribution < 1.29 is 9.59 Å². The molecule has 0 radical (unpaired) electrons. The summed E-state index contributed by atoms with van der Waals surface area (Å²) in [5.41, 5.74) is 14.7. The number of carbonyl (C=O) groups is 2. The predicted octanol–water partition coefficient (Wildman–Crippen LogP) is 9.19. The fourth-order valence-electron chi connectivity index (χ4n) is 11.3. The lowest BCUT2D eigenvalue weighted by atomic mass is 9.90. The molecular formula is C55H72N6O2. The van der Waals surface area contributed by atoms with Crippen LogP contribution in [-0.4, -0.2) is 96.9 Å². The monoisotopic (exact) mass is 849 g/mol. The lowest BCUT2D eigenvalue weighted by Crippen LogP contribution is -2.47. The average Bonchev–Trinajstić information content (AvgIpc) is 4.11. The summed E-state index contributed by atoms with van der Waals surface area (Å²) >= 11 is 0. The van der Waals surface area contributed by atoms with Gasteiger partial charge in [0.05, 0.1) is 0 Å². The summed E-state index contributed by atoms with van der Waals surface area (Å²) in [6.07, 6.45) is 17.2. The summed E-state index contributed by atoms with van der Waals surface area (Å²) in [7, 11) is 0. The molecule has 10 rings (SSSR count). The van der Waals surface area contributed by atoms with E-state index in [2.05, 4.69) is 105 Å². The molecule has 4 aromatic rings. The van der Waals surface area contributed by atoms with E-state index in [0.717, 1.165) is 104 Å². The molecule has 334 valence electrons. The van der Waals surface area contributed by atoms with Crippen molar-refractivity contribution in [2.24, 2.45) is 0 Å². The van der Waals surface area contributed by atoms with Crippen molar-refractivity contribution in [2.75, 3.05) is 75.2 Å². The number of amides is 2. The van der Waals surface area contributed by atoms with Crippen LogP contribution >= 0.6 is 0 Å². The van der Waals surface area contributed by atoms with Gasteiger partial charge in [0, 0.05) is 103 Å². The van der Waals surface area contributed by atoms with Gasteiger partial charge in [0.2, 0.25) is 11.8 Å². The first-order chi connectivity index (χ1) is 31.1. The Morgan fingerprint density at radius 2 is 0.762 bits per heavy atom. The molecule has 2 saturated heterocycles. The Kier molecular flexibility index (Phi) is 14.8. The fraction of sp³-hybridized carbons (Fsp3) is 0.527. The van der Waals surface area contributed by atoms with E-state index in [4.69, 9.17) is 0 Å². The number of nitrogens with zero attached hydrogens (tertiary/aromatic N) is 6. The van der Waals surface area contributed by atoms with Crippen LogP contribution in [0.25, 0.3) is 0 Å². The summed E-state index contributed by atoms with van der Waals surface area (Å²) in [5, 5.41) is 0. The van der Waals surface area contributed by atoms with Gasteiger partial charge in [-0.3, -0.25) is 19.4 Å². The summed E-state index contributed by atoms with van der Waals surface area (Å²) < 4.78 is 0. The Morgan fingerprint density at radius 1 is 0.381 bits per heavy atom. The lowest BCUT2D eigenvalue weighted by molar-refractivity contribution is -0.132. The van der Waals surface area contributed by atoms with Crippen LogP contribution in [0.5, 0.6) is 0 Å². The molecule has 2 fully saturated rings. The van der Waals surface area contributed by atoms with Crippen LogP contribution in [0, 0.1) is 0 Å². The van der Waals surface area contributed by atoms with Gasteiger partial charge in [0.15, 0.2) is 0 Å². The molecule has 4 aromatic carbocycles. The van der Waals surface area contributed by atoms with E-state index in [1.54, 1.807) is 22.3 Å². The topological polar surface area (TPSA) is 53.6 Å². The van der Waals surface area contributed by atoms with Gasteiger partial charge >= 0.3 is 0 Å². The first-order valence-corrected chi connectivity index (χ1v) is 24.9. The van der Waals surface area contributed by atoms with E-state index in [0.29, 0.717) is 24.7 Å². The molecule has 0 spiro atoms. The highest BCUT2D eigenvalue weighted by molar-refractivity contribution is 5.77. The predicted molar refractivity (Wildman–Crippen MR) is 257 cm³/mol. The molecule has 4 heterocycles. The molecule has 8 nitrogen and oxygen atoms in total. The summed E-state index contributed by atoms with van der Waals surface area (Å²) in [6.45, 7) is 14.7.